The first kappa shape index (κ1) is 19.0. The van der Waals surface area contributed by atoms with Crippen LogP contribution in [-0.4, -0.2) is 11.8 Å². The van der Waals surface area contributed by atoms with Crippen molar-refractivity contribution in [3.05, 3.63) is 108 Å². The molecule has 0 unspecified atom stereocenters. The second-order valence-electron chi connectivity index (χ2n) is 8.83. The van der Waals surface area contributed by atoms with Crippen molar-refractivity contribution in [3.8, 4) is 11.1 Å². The highest BCUT2D eigenvalue weighted by atomic mass is 16.2. The molecule has 3 aliphatic rings. The third-order valence-corrected chi connectivity index (χ3v) is 7.29. The Morgan fingerprint density at radius 1 is 0.688 bits per heavy atom. The van der Waals surface area contributed by atoms with Crippen LogP contribution < -0.4 is 4.90 Å². The Bertz CT molecular complexity index is 1260. The first-order valence-corrected chi connectivity index (χ1v) is 11.1. The Balaban J connectivity index is 1.42. The van der Waals surface area contributed by atoms with E-state index in [9.17, 15) is 9.59 Å². The average molecular weight is 418 g/mol. The highest BCUT2D eigenvalue weighted by Gasteiger charge is 2.62. The second kappa shape index (κ2) is 7.16. The van der Waals surface area contributed by atoms with Gasteiger partial charge in [-0.2, -0.15) is 0 Å². The predicted molar refractivity (Wildman–Crippen MR) is 127 cm³/mol. The maximum absolute atomic E-state index is 13.7. The van der Waals surface area contributed by atoms with Crippen LogP contribution in [0.2, 0.25) is 0 Å². The molecule has 2 aliphatic carbocycles. The fourth-order valence-electron chi connectivity index (χ4n) is 5.89. The lowest BCUT2D eigenvalue weighted by atomic mass is 9.85. The number of hydrogen-bond donors (Lipinski definition) is 0. The Hall–Kier alpha value is -3.72. The number of rotatable bonds is 3. The van der Waals surface area contributed by atoms with Gasteiger partial charge in [0.2, 0.25) is 11.8 Å². The number of amides is 2. The lowest BCUT2D eigenvalue weighted by molar-refractivity contribution is -0.122. The standard InChI is InChI=1S/C29H23NO2/c1-18(19-10-4-2-5-11-19)25-22-16-17-23(25)27-26(22)28(31)30(29(27)32)24-15-9-8-14-21(24)20-12-6-3-7-13-20/h2-17,22-23,26-27H,1H3/t22-,23-,26-,27+/m1/s1. The van der Waals surface area contributed by atoms with Gasteiger partial charge in [-0.25, -0.2) is 4.90 Å². The molecule has 0 spiro atoms. The van der Waals surface area contributed by atoms with Gasteiger partial charge < -0.3 is 0 Å². The van der Waals surface area contributed by atoms with Crippen molar-refractivity contribution in [1.82, 2.24) is 0 Å². The summed E-state index contributed by atoms with van der Waals surface area (Å²) in [6, 6.07) is 27.9. The van der Waals surface area contributed by atoms with Crippen molar-refractivity contribution >= 4 is 23.1 Å². The molecular formula is C29H23NO2. The Labute approximate surface area is 187 Å². The summed E-state index contributed by atoms with van der Waals surface area (Å²) in [7, 11) is 0. The summed E-state index contributed by atoms with van der Waals surface area (Å²) in [6.45, 7) is 2.12. The molecule has 1 saturated heterocycles. The van der Waals surface area contributed by atoms with Gasteiger partial charge in [0, 0.05) is 17.4 Å². The van der Waals surface area contributed by atoms with Crippen LogP contribution in [0.1, 0.15) is 12.5 Å². The number of fused-ring (bicyclic) bond motifs is 5. The second-order valence-corrected chi connectivity index (χ2v) is 8.83. The van der Waals surface area contributed by atoms with E-state index < -0.39 is 0 Å². The van der Waals surface area contributed by atoms with E-state index in [-0.39, 0.29) is 35.5 Å². The van der Waals surface area contributed by atoms with Crippen LogP contribution in [0.15, 0.2) is 103 Å². The molecule has 0 N–H and O–H groups in total. The van der Waals surface area contributed by atoms with Crippen LogP contribution in [0.5, 0.6) is 0 Å². The summed E-state index contributed by atoms with van der Waals surface area (Å²) in [5.41, 5.74) is 6.19. The normalized spacial score (nSPS) is 27.2. The number of nitrogens with zero attached hydrogens (tertiary/aromatic N) is 1. The fourth-order valence-corrected chi connectivity index (χ4v) is 5.89. The van der Waals surface area contributed by atoms with E-state index in [1.807, 2.05) is 72.8 Å². The minimum Gasteiger partial charge on any atom is -0.274 e. The van der Waals surface area contributed by atoms with Crippen molar-refractivity contribution < 1.29 is 9.59 Å². The summed E-state index contributed by atoms with van der Waals surface area (Å²) < 4.78 is 0. The zero-order chi connectivity index (χ0) is 21.8. The summed E-state index contributed by atoms with van der Waals surface area (Å²) in [5, 5.41) is 0. The average Bonchev–Trinajstić information content (AvgIpc) is 3.49. The summed E-state index contributed by atoms with van der Waals surface area (Å²) in [5.74, 6) is -0.770. The van der Waals surface area contributed by atoms with E-state index in [0.29, 0.717) is 5.69 Å². The Morgan fingerprint density at radius 2 is 1.22 bits per heavy atom. The molecule has 6 rings (SSSR count). The first-order chi connectivity index (χ1) is 15.7. The highest BCUT2D eigenvalue weighted by Crippen LogP contribution is 2.58. The van der Waals surface area contributed by atoms with Crippen LogP contribution in [-0.2, 0) is 9.59 Å². The molecule has 1 heterocycles. The number of benzene rings is 3. The van der Waals surface area contributed by atoms with Gasteiger partial charge in [0.15, 0.2) is 0 Å². The molecule has 1 aliphatic heterocycles. The van der Waals surface area contributed by atoms with Crippen LogP contribution in [0.4, 0.5) is 5.69 Å². The maximum atomic E-state index is 13.7. The van der Waals surface area contributed by atoms with Crippen LogP contribution in [0, 0.1) is 23.7 Å². The molecule has 2 bridgehead atoms. The SMILES string of the molecule is CC(=C1[C@H]2C=C[C@H]1[C@H]1C(=O)N(c3ccccc3-c3ccccc3)C(=O)[C@H]12)c1ccccc1. The van der Waals surface area contributed by atoms with Crippen molar-refractivity contribution in [3.63, 3.8) is 0 Å². The van der Waals surface area contributed by atoms with E-state index in [4.69, 9.17) is 0 Å². The fraction of sp³-hybridized carbons (Fsp3) is 0.172. The number of hydrogen-bond acceptors (Lipinski definition) is 2. The molecular weight excluding hydrogens is 394 g/mol. The molecule has 3 nitrogen and oxygen atoms in total. The first-order valence-electron chi connectivity index (χ1n) is 11.1. The van der Waals surface area contributed by atoms with E-state index >= 15 is 0 Å². The van der Waals surface area contributed by atoms with Gasteiger partial charge in [0.05, 0.1) is 17.5 Å². The zero-order valence-corrected chi connectivity index (χ0v) is 17.8. The van der Waals surface area contributed by atoms with Gasteiger partial charge >= 0.3 is 0 Å². The molecule has 3 heteroatoms. The number of anilines is 1. The number of carbonyl (C=O) groups excluding carboxylic acids is 2. The summed E-state index contributed by atoms with van der Waals surface area (Å²) in [6.07, 6.45) is 4.29. The minimum atomic E-state index is -0.310. The van der Waals surface area contributed by atoms with E-state index in [2.05, 4.69) is 31.2 Å². The number of carbonyl (C=O) groups is 2. The van der Waals surface area contributed by atoms with E-state index in [1.165, 1.54) is 16.0 Å². The van der Waals surface area contributed by atoms with Crippen molar-refractivity contribution in [2.75, 3.05) is 4.90 Å². The van der Waals surface area contributed by atoms with Gasteiger partial charge in [0.25, 0.3) is 0 Å². The molecule has 32 heavy (non-hydrogen) atoms. The smallest absolute Gasteiger partial charge is 0.238 e. The monoisotopic (exact) mass is 417 g/mol. The molecule has 0 aromatic heterocycles. The summed E-state index contributed by atoms with van der Waals surface area (Å²) >= 11 is 0. The quantitative estimate of drug-likeness (QED) is 0.402. The number of para-hydroxylation sites is 1. The van der Waals surface area contributed by atoms with Crippen molar-refractivity contribution in [2.45, 2.75) is 6.92 Å². The zero-order valence-electron chi connectivity index (χ0n) is 17.8. The molecule has 2 amide bonds. The van der Waals surface area contributed by atoms with Gasteiger partial charge in [-0.1, -0.05) is 96.6 Å². The van der Waals surface area contributed by atoms with Gasteiger partial charge in [-0.3, -0.25) is 9.59 Å². The molecule has 3 aromatic carbocycles. The largest absolute Gasteiger partial charge is 0.274 e. The van der Waals surface area contributed by atoms with Crippen LogP contribution in [0.3, 0.4) is 0 Å². The van der Waals surface area contributed by atoms with Crippen molar-refractivity contribution in [1.29, 1.82) is 0 Å². The lowest BCUT2D eigenvalue weighted by Crippen LogP contribution is -2.33. The van der Waals surface area contributed by atoms with Gasteiger partial charge in [0.1, 0.15) is 0 Å². The van der Waals surface area contributed by atoms with Gasteiger partial charge in [-0.05, 0) is 29.7 Å². The highest BCUT2D eigenvalue weighted by molar-refractivity contribution is 6.24. The number of imide groups is 1. The predicted octanol–water partition coefficient (Wildman–Crippen LogP) is 5.75. The third kappa shape index (κ3) is 2.61. The minimum absolute atomic E-state index is 0.00413. The molecule has 3 aromatic rings. The molecule has 2 fully saturated rings. The maximum Gasteiger partial charge on any atom is 0.238 e. The van der Waals surface area contributed by atoms with E-state index in [0.717, 1.165) is 16.7 Å². The molecule has 1 saturated carbocycles. The molecule has 4 atom stereocenters. The summed E-state index contributed by atoms with van der Waals surface area (Å²) in [4.78, 5) is 28.9. The topological polar surface area (TPSA) is 37.4 Å². The van der Waals surface area contributed by atoms with E-state index in [1.54, 1.807) is 0 Å². The van der Waals surface area contributed by atoms with Crippen LogP contribution in [0.25, 0.3) is 16.7 Å². The third-order valence-electron chi connectivity index (χ3n) is 7.29. The molecule has 156 valence electrons. The lowest BCUT2D eigenvalue weighted by Gasteiger charge is -2.22. The van der Waals surface area contributed by atoms with Crippen molar-refractivity contribution in [2.24, 2.45) is 23.7 Å². The Kier molecular flexibility index (Phi) is 4.25. The van der Waals surface area contributed by atoms with Gasteiger partial charge in [-0.15, -0.1) is 0 Å². The molecule has 0 radical (unpaired) electrons. The number of allylic oxidation sites excluding steroid dienone is 4. The Morgan fingerprint density at radius 3 is 1.84 bits per heavy atom. The van der Waals surface area contributed by atoms with Crippen LogP contribution >= 0.6 is 0 Å².